The smallest absolute Gasteiger partial charge is 0.0166 e. The Morgan fingerprint density at radius 3 is 2.65 bits per heavy atom. The Balaban J connectivity index is 2.16. The number of likely N-dealkylation sites (tertiary alicyclic amines) is 1. The van der Waals surface area contributed by atoms with E-state index in [-0.39, 0.29) is 0 Å². The summed E-state index contributed by atoms with van der Waals surface area (Å²) in [4.78, 5) is 4.95. The highest BCUT2D eigenvalue weighted by molar-refractivity contribution is 4.75. The van der Waals surface area contributed by atoms with Gasteiger partial charge in [-0.25, -0.2) is 0 Å². The summed E-state index contributed by atoms with van der Waals surface area (Å²) in [5.41, 5.74) is 0. The van der Waals surface area contributed by atoms with Gasteiger partial charge in [-0.05, 0) is 58.9 Å². The van der Waals surface area contributed by atoms with E-state index in [9.17, 15) is 0 Å². The van der Waals surface area contributed by atoms with Crippen molar-refractivity contribution in [1.82, 2.24) is 15.1 Å². The highest BCUT2D eigenvalue weighted by atomic mass is 15.1. The van der Waals surface area contributed by atoms with Crippen LogP contribution in [0.25, 0.3) is 0 Å². The highest BCUT2D eigenvalue weighted by Gasteiger charge is 2.17. The molecule has 1 aliphatic heterocycles. The van der Waals surface area contributed by atoms with E-state index in [0.29, 0.717) is 6.04 Å². The molecule has 1 rings (SSSR count). The fraction of sp³-hybridized carbons (Fsp3) is 1.00. The van der Waals surface area contributed by atoms with Crippen LogP contribution in [-0.2, 0) is 0 Å². The van der Waals surface area contributed by atoms with Gasteiger partial charge in [-0.15, -0.1) is 0 Å². The largest absolute Gasteiger partial charge is 0.313 e. The zero-order valence-electron chi connectivity index (χ0n) is 12.2. The van der Waals surface area contributed by atoms with Crippen molar-refractivity contribution < 1.29 is 0 Å². The quantitative estimate of drug-likeness (QED) is 0.731. The van der Waals surface area contributed by atoms with Gasteiger partial charge in [-0.3, -0.25) is 0 Å². The Kier molecular flexibility index (Phi) is 7.09. The molecule has 1 heterocycles. The third-order valence-electron chi connectivity index (χ3n) is 3.90. The van der Waals surface area contributed by atoms with Crippen molar-refractivity contribution in [2.24, 2.45) is 5.92 Å². The monoisotopic (exact) mass is 241 g/mol. The van der Waals surface area contributed by atoms with Gasteiger partial charge in [-0.2, -0.15) is 0 Å². The van der Waals surface area contributed by atoms with Crippen LogP contribution in [0.1, 0.15) is 33.6 Å². The second-order valence-corrected chi connectivity index (χ2v) is 5.57. The van der Waals surface area contributed by atoms with Gasteiger partial charge in [0.1, 0.15) is 0 Å². The molecule has 0 amide bonds. The topological polar surface area (TPSA) is 18.5 Å². The van der Waals surface area contributed by atoms with Gasteiger partial charge in [0, 0.05) is 19.1 Å². The van der Waals surface area contributed by atoms with Gasteiger partial charge in [0.05, 0.1) is 0 Å². The Bertz CT molecular complexity index is 192. The Hall–Kier alpha value is -0.120. The summed E-state index contributed by atoms with van der Waals surface area (Å²) in [6, 6.07) is 0.613. The average molecular weight is 241 g/mol. The van der Waals surface area contributed by atoms with Gasteiger partial charge >= 0.3 is 0 Å². The molecule has 1 fully saturated rings. The van der Waals surface area contributed by atoms with Crippen LogP contribution in [0.3, 0.4) is 0 Å². The molecule has 0 saturated carbocycles. The maximum absolute atomic E-state index is 3.70. The van der Waals surface area contributed by atoms with Crippen molar-refractivity contribution in [2.75, 3.05) is 46.3 Å². The molecule has 3 heteroatoms. The molecule has 102 valence electrons. The first-order valence-corrected chi connectivity index (χ1v) is 7.30. The van der Waals surface area contributed by atoms with Gasteiger partial charge in [0.25, 0.3) is 0 Å². The van der Waals surface area contributed by atoms with E-state index in [1.54, 1.807) is 0 Å². The third-order valence-corrected chi connectivity index (χ3v) is 3.90. The lowest BCUT2D eigenvalue weighted by Gasteiger charge is -2.31. The maximum atomic E-state index is 3.70. The van der Waals surface area contributed by atoms with Crippen molar-refractivity contribution in [1.29, 1.82) is 0 Å². The Morgan fingerprint density at radius 1 is 1.35 bits per heavy atom. The third kappa shape index (κ3) is 5.84. The van der Waals surface area contributed by atoms with Crippen molar-refractivity contribution in [3.05, 3.63) is 0 Å². The van der Waals surface area contributed by atoms with Gasteiger partial charge in [0.15, 0.2) is 0 Å². The van der Waals surface area contributed by atoms with E-state index < -0.39 is 0 Å². The van der Waals surface area contributed by atoms with Crippen LogP contribution in [0, 0.1) is 5.92 Å². The molecule has 0 aromatic carbocycles. The predicted molar refractivity (Wildman–Crippen MR) is 75.5 cm³/mol. The minimum atomic E-state index is 0.613. The minimum Gasteiger partial charge on any atom is -0.313 e. The van der Waals surface area contributed by atoms with Gasteiger partial charge in [-0.1, -0.05) is 13.8 Å². The van der Waals surface area contributed by atoms with Gasteiger partial charge < -0.3 is 15.1 Å². The molecule has 0 aromatic heterocycles. The number of hydrogen-bond donors (Lipinski definition) is 1. The SMILES string of the molecule is CCN(CC)CC(C)NCC1CCCN(C)C1. The molecule has 0 radical (unpaired) electrons. The second-order valence-electron chi connectivity index (χ2n) is 5.57. The summed E-state index contributed by atoms with van der Waals surface area (Å²) in [6.45, 7) is 14.0. The van der Waals surface area contributed by atoms with E-state index in [1.165, 1.54) is 39.0 Å². The van der Waals surface area contributed by atoms with Crippen molar-refractivity contribution in [3.8, 4) is 0 Å². The highest BCUT2D eigenvalue weighted by Crippen LogP contribution is 2.14. The number of nitrogens with zero attached hydrogens (tertiary/aromatic N) is 2. The molecule has 1 aliphatic rings. The average Bonchev–Trinajstić information content (AvgIpc) is 2.33. The van der Waals surface area contributed by atoms with Crippen LogP contribution < -0.4 is 5.32 Å². The molecule has 0 bridgehead atoms. The fourth-order valence-electron chi connectivity index (χ4n) is 2.74. The summed E-state index contributed by atoms with van der Waals surface area (Å²) >= 11 is 0. The summed E-state index contributed by atoms with van der Waals surface area (Å²) in [6.07, 6.45) is 2.77. The molecule has 1 N–H and O–H groups in total. The summed E-state index contributed by atoms with van der Waals surface area (Å²) < 4.78 is 0. The van der Waals surface area contributed by atoms with E-state index >= 15 is 0 Å². The molecule has 17 heavy (non-hydrogen) atoms. The summed E-state index contributed by atoms with van der Waals surface area (Å²) in [7, 11) is 2.24. The van der Waals surface area contributed by atoms with E-state index in [1.807, 2.05) is 0 Å². The maximum Gasteiger partial charge on any atom is 0.0166 e. The lowest BCUT2D eigenvalue weighted by Crippen LogP contribution is -2.43. The van der Waals surface area contributed by atoms with E-state index in [4.69, 9.17) is 0 Å². The molecule has 0 aliphatic carbocycles. The first-order valence-electron chi connectivity index (χ1n) is 7.30. The molecule has 2 unspecified atom stereocenters. The molecular formula is C14H31N3. The van der Waals surface area contributed by atoms with Gasteiger partial charge in [0.2, 0.25) is 0 Å². The lowest BCUT2D eigenvalue weighted by molar-refractivity contribution is 0.197. The van der Waals surface area contributed by atoms with Crippen molar-refractivity contribution in [2.45, 2.75) is 39.7 Å². The predicted octanol–water partition coefficient (Wildman–Crippen LogP) is 1.65. The molecular weight excluding hydrogens is 210 g/mol. The van der Waals surface area contributed by atoms with Crippen LogP contribution in [-0.4, -0.2) is 62.2 Å². The summed E-state index contributed by atoms with van der Waals surface area (Å²) in [5.74, 6) is 0.855. The number of nitrogens with one attached hydrogen (secondary N) is 1. The Morgan fingerprint density at radius 2 is 2.06 bits per heavy atom. The van der Waals surface area contributed by atoms with Crippen LogP contribution in [0.5, 0.6) is 0 Å². The molecule has 3 nitrogen and oxygen atoms in total. The second kappa shape index (κ2) is 8.06. The van der Waals surface area contributed by atoms with E-state index in [0.717, 1.165) is 19.0 Å². The zero-order valence-corrected chi connectivity index (χ0v) is 12.2. The van der Waals surface area contributed by atoms with Crippen LogP contribution in [0.2, 0.25) is 0 Å². The van der Waals surface area contributed by atoms with Crippen molar-refractivity contribution >= 4 is 0 Å². The molecule has 0 aromatic rings. The fourth-order valence-corrected chi connectivity index (χ4v) is 2.74. The number of rotatable bonds is 7. The molecule has 2 atom stereocenters. The summed E-state index contributed by atoms with van der Waals surface area (Å²) in [5, 5.41) is 3.70. The first-order chi connectivity index (χ1) is 8.15. The normalized spacial score (nSPS) is 24.2. The van der Waals surface area contributed by atoms with Crippen molar-refractivity contribution in [3.63, 3.8) is 0 Å². The number of piperidine rings is 1. The molecule has 0 spiro atoms. The standard InChI is InChI=1S/C14H31N3/c1-5-17(6-2)11-13(3)15-10-14-8-7-9-16(4)12-14/h13-15H,5-12H2,1-4H3. The minimum absolute atomic E-state index is 0.613. The zero-order chi connectivity index (χ0) is 12.7. The van der Waals surface area contributed by atoms with Crippen LogP contribution in [0.15, 0.2) is 0 Å². The molecule has 1 saturated heterocycles. The number of likely N-dealkylation sites (N-methyl/N-ethyl adjacent to an activating group) is 1. The number of hydrogen-bond acceptors (Lipinski definition) is 3. The Labute approximate surface area is 108 Å². The van der Waals surface area contributed by atoms with Crippen LogP contribution in [0.4, 0.5) is 0 Å². The van der Waals surface area contributed by atoms with Crippen LogP contribution >= 0.6 is 0 Å². The van der Waals surface area contributed by atoms with E-state index in [2.05, 4.69) is 42.9 Å². The lowest BCUT2D eigenvalue weighted by atomic mass is 9.98. The first kappa shape index (κ1) is 14.9.